The van der Waals surface area contributed by atoms with E-state index in [4.69, 9.17) is 11.6 Å². The monoisotopic (exact) mass is 331 g/mol. The molecule has 2 aromatic rings. The summed E-state index contributed by atoms with van der Waals surface area (Å²) in [7, 11) is 0. The molecule has 0 fully saturated rings. The average molecular weight is 333 g/mol. The summed E-state index contributed by atoms with van der Waals surface area (Å²) in [6.07, 6.45) is 2.13. The molecule has 1 aromatic carbocycles. The summed E-state index contributed by atoms with van der Waals surface area (Å²) in [5, 5.41) is -0.190. The molecule has 0 amide bonds. The standard InChI is InChI=1S/C12H5BrClF2NO/c13-9-2-1-8(11(16)10(9)14)12(18)6-3-7(15)5-17-4-6/h1-5H. The lowest BCUT2D eigenvalue weighted by molar-refractivity contribution is 0.103. The number of aromatic nitrogens is 1. The van der Waals surface area contributed by atoms with Gasteiger partial charge in [0.05, 0.1) is 16.8 Å². The van der Waals surface area contributed by atoms with Crippen molar-refractivity contribution in [3.05, 3.63) is 62.8 Å². The van der Waals surface area contributed by atoms with E-state index < -0.39 is 17.4 Å². The third kappa shape index (κ3) is 2.42. The first kappa shape index (κ1) is 13.1. The van der Waals surface area contributed by atoms with Gasteiger partial charge in [-0.25, -0.2) is 8.78 Å². The normalized spacial score (nSPS) is 10.4. The predicted molar refractivity (Wildman–Crippen MR) is 66.7 cm³/mol. The first-order valence-corrected chi connectivity index (χ1v) is 5.96. The minimum atomic E-state index is -0.847. The molecule has 0 spiro atoms. The van der Waals surface area contributed by atoms with Crippen molar-refractivity contribution in [1.82, 2.24) is 4.98 Å². The molecule has 6 heteroatoms. The van der Waals surface area contributed by atoms with E-state index in [9.17, 15) is 13.6 Å². The number of hydrogen-bond donors (Lipinski definition) is 0. The van der Waals surface area contributed by atoms with E-state index in [1.54, 1.807) is 0 Å². The van der Waals surface area contributed by atoms with Crippen molar-refractivity contribution >= 4 is 33.3 Å². The fourth-order valence-electron chi connectivity index (χ4n) is 1.39. The van der Waals surface area contributed by atoms with Crippen molar-refractivity contribution in [2.24, 2.45) is 0 Å². The maximum absolute atomic E-state index is 13.8. The quantitative estimate of drug-likeness (QED) is 0.614. The molecule has 0 aliphatic rings. The Labute approximate surface area is 115 Å². The Morgan fingerprint density at radius 2 is 2.00 bits per heavy atom. The van der Waals surface area contributed by atoms with Crippen molar-refractivity contribution in [3.8, 4) is 0 Å². The van der Waals surface area contributed by atoms with Gasteiger partial charge in [-0.1, -0.05) is 11.6 Å². The Morgan fingerprint density at radius 1 is 1.28 bits per heavy atom. The number of carbonyl (C=O) groups is 1. The van der Waals surface area contributed by atoms with Crippen LogP contribution < -0.4 is 0 Å². The largest absolute Gasteiger partial charge is 0.288 e. The van der Waals surface area contributed by atoms with Gasteiger partial charge >= 0.3 is 0 Å². The van der Waals surface area contributed by atoms with Crippen LogP contribution in [0.25, 0.3) is 0 Å². The van der Waals surface area contributed by atoms with Gasteiger partial charge in [-0.15, -0.1) is 0 Å². The number of nitrogens with zero attached hydrogens (tertiary/aromatic N) is 1. The second-order valence-electron chi connectivity index (χ2n) is 3.44. The van der Waals surface area contributed by atoms with Gasteiger partial charge in [-0.3, -0.25) is 9.78 Å². The van der Waals surface area contributed by atoms with Gasteiger partial charge in [-0.2, -0.15) is 0 Å². The highest BCUT2D eigenvalue weighted by molar-refractivity contribution is 9.10. The van der Waals surface area contributed by atoms with Gasteiger partial charge in [0.2, 0.25) is 0 Å². The van der Waals surface area contributed by atoms with Crippen LogP contribution in [-0.2, 0) is 0 Å². The molecule has 0 aliphatic heterocycles. The van der Waals surface area contributed by atoms with Crippen LogP contribution in [0.1, 0.15) is 15.9 Å². The molecule has 0 bridgehead atoms. The fraction of sp³-hybridized carbons (Fsp3) is 0. The average Bonchev–Trinajstić information content (AvgIpc) is 2.35. The van der Waals surface area contributed by atoms with Gasteiger partial charge in [0.15, 0.2) is 11.6 Å². The van der Waals surface area contributed by atoms with Gasteiger partial charge in [0.25, 0.3) is 0 Å². The van der Waals surface area contributed by atoms with Crippen molar-refractivity contribution in [2.45, 2.75) is 0 Å². The zero-order valence-corrected chi connectivity index (χ0v) is 11.1. The highest BCUT2D eigenvalue weighted by atomic mass is 79.9. The minimum absolute atomic E-state index is 0.0349. The Bertz CT molecular complexity index is 633. The summed E-state index contributed by atoms with van der Waals surface area (Å²) in [6.45, 7) is 0. The van der Waals surface area contributed by atoms with E-state index >= 15 is 0 Å². The van der Waals surface area contributed by atoms with Crippen LogP contribution in [0.15, 0.2) is 35.1 Å². The van der Waals surface area contributed by atoms with Gasteiger partial charge < -0.3 is 0 Å². The molecule has 0 saturated carbocycles. The molecule has 1 heterocycles. The van der Waals surface area contributed by atoms with E-state index in [1.807, 2.05) is 0 Å². The smallest absolute Gasteiger partial charge is 0.197 e. The summed E-state index contributed by atoms with van der Waals surface area (Å²) in [5.74, 6) is -2.18. The summed E-state index contributed by atoms with van der Waals surface area (Å²) in [6, 6.07) is 3.72. The van der Waals surface area contributed by atoms with Crippen molar-refractivity contribution in [3.63, 3.8) is 0 Å². The topological polar surface area (TPSA) is 30.0 Å². The molecule has 18 heavy (non-hydrogen) atoms. The molecule has 1 aromatic heterocycles. The van der Waals surface area contributed by atoms with Crippen LogP contribution in [-0.4, -0.2) is 10.8 Å². The Hall–Kier alpha value is -1.33. The van der Waals surface area contributed by atoms with E-state index in [-0.39, 0.29) is 16.1 Å². The molecule has 0 atom stereocenters. The summed E-state index contributed by atoms with van der Waals surface area (Å²) in [4.78, 5) is 15.5. The summed E-state index contributed by atoms with van der Waals surface area (Å²) >= 11 is 8.72. The molecule has 2 nitrogen and oxygen atoms in total. The van der Waals surface area contributed by atoms with Crippen LogP contribution in [0.4, 0.5) is 8.78 Å². The molecule has 0 radical (unpaired) electrons. The zero-order valence-electron chi connectivity index (χ0n) is 8.75. The first-order valence-electron chi connectivity index (χ1n) is 4.79. The van der Waals surface area contributed by atoms with Gasteiger partial charge in [0, 0.05) is 16.2 Å². The van der Waals surface area contributed by atoms with Crippen molar-refractivity contribution < 1.29 is 13.6 Å². The minimum Gasteiger partial charge on any atom is -0.288 e. The van der Waals surface area contributed by atoms with Crippen LogP contribution in [0.2, 0.25) is 5.02 Å². The molecule has 0 aliphatic carbocycles. The highest BCUT2D eigenvalue weighted by Gasteiger charge is 2.18. The lowest BCUT2D eigenvalue weighted by Crippen LogP contribution is -2.06. The molecule has 2 rings (SSSR count). The number of pyridine rings is 1. The van der Waals surface area contributed by atoms with E-state index in [2.05, 4.69) is 20.9 Å². The van der Waals surface area contributed by atoms with E-state index in [0.717, 1.165) is 12.3 Å². The number of ketones is 1. The lowest BCUT2D eigenvalue weighted by Gasteiger charge is -2.05. The SMILES string of the molecule is O=C(c1cncc(F)c1)c1ccc(Br)c(Cl)c1F. The number of hydrogen-bond acceptors (Lipinski definition) is 2. The second kappa shape index (κ2) is 5.12. The number of benzene rings is 1. The predicted octanol–water partition coefficient (Wildman–Crippen LogP) is 4.01. The Morgan fingerprint density at radius 3 is 2.67 bits per heavy atom. The second-order valence-corrected chi connectivity index (χ2v) is 4.68. The first-order chi connectivity index (χ1) is 8.50. The van der Waals surface area contributed by atoms with Crippen LogP contribution in [0.5, 0.6) is 0 Å². The van der Waals surface area contributed by atoms with Crippen LogP contribution in [0, 0.1) is 11.6 Å². The van der Waals surface area contributed by atoms with Crippen molar-refractivity contribution in [1.29, 1.82) is 0 Å². The van der Waals surface area contributed by atoms with Crippen LogP contribution >= 0.6 is 27.5 Å². The Kier molecular flexibility index (Phi) is 3.73. The molecule has 0 unspecified atom stereocenters. The van der Waals surface area contributed by atoms with E-state index in [1.165, 1.54) is 18.3 Å². The number of halogens is 4. The molecule has 92 valence electrons. The highest BCUT2D eigenvalue weighted by Crippen LogP contribution is 2.28. The maximum Gasteiger partial charge on any atom is 0.197 e. The number of rotatable bonds is 2. The molecular formula is C12H5BrClF2NO. The zero-order chi connectivity index (χ0) is 13.3. The van der Waals surface area contributed by atoms with Crippen molar-refractivity contribution in [2.75, 3.05) is 0 Å². The maximum atomic E-state index is 13.8. The number of carbonyl (C=O) groups excluding carboxylic acids is 1. The third-order valence-electron chi connectivity index (χ3n) is 2.25. The Balaban J connectivity index is 2.50. The molecule has 0 N–H and O–H groups in total. The van der Waals surface area contributed by atoms with Gasteiger partial charge in [0.1, 0.15) is 5.82 Å². The van der Waals surface area contributed by atoms with Crippen LogP contribution in [0.3, 0.4) is 0 Å². The van der Waals surface area contributed by atoms with E-state index in [0.29, 0.717) is 4.47 Å². The summed E-state index contributed by atoms with van der Waals surface area (Å²) < 4.78 is 27.1. The summed E-state index contributed by atoms with van der Waals surface area (Å²) in [5.41, 5.74) is -0.261. The molecular weight excluding hydrogens is 327 g/mol. The van der Waals surface area contributed by atoms with Gasteiger partial charge in [-0.05, 0) is 34.1 Å². The fourth-order valence-corrected chi connectivity index (χ4v) is 1.86. The third-order valence-corrected chi connectivity index (χ3v) is 3.51. The lowest BCUT2D eigenvalue weighted by atomic mass is 10.0. The molecule has 0 saturated heterocycles.